The highest BCUT2D eigenvalue weighted by molar-refractivity contribution is 7.86. The van der Waals surface area contributed by atoms with Crippen LogP contribution >= 0.6 is 11.3 Å². The van der Waals surface area contributed by atoms with Crippen molar-refractivity contribution in [1.82, 2.24) is 15.0 Å². The lowest BCUT2D eigenvalue weighted by Crippen LogP contribution is -2.34. The van der Waals surface area contributed by atoms with Crippen LogP contribution in [0, 0.1) is 0 Å². The van der Waals surface area contributed by atoms with Gasteiger partial charge >= 0.3 is 5.51 Å². The van der Waals surface area contributed by atoms with Gasteiger partial charge in [0.25, 0.3) is 0 Å². The van der Waals surface area contributed by atoms with E-state index in [2.05, 4.69) is 19.9 Å². The minimum absolute atomic E-state index is 0.0374. The molecule has 0 amide bonds. The SMILES string of the molecule is CCc1cnc(N2CCC(c3nc(C(Oc4ccccc4)S(=O)C(F)(F)F)cs3)CC2)nc1. The van der Waals surface area contributed by atoms with Crippen molar-refractivity contribution in [2.24, 2.45) is 0 Å². The Morgan fingerprint density at radius 2 is 1.85 bits per heavy atom. The summed E-state index contributed by atoms with van der Waals surface area (Å²) >= 11 is 1.28. The lowest BCUT2D eigenvalue weighted by atomic mass is 9.98. The van der Waals surface area contributed by atoms with Gasteiger partial charge in [-0.3, -0.25) is 0 Å². The molecule has 0 bridgehead atoms. The van der Waals surface area contributed by atoms with E-state index >= 15 is 0 Å². The van der Waals surface area contributed by atoms with Crippen molar-refractivity contribution in [2.75, 3.05) is 18.0 Å². The zero-order chi connectivity index (χ0) is 23.4. The molecule has 1 aliphatic heterocycles. The number of halogens is 3. The van der Waals surface area contributed by atoms with Gasteiger partial charge in [0.1, 0.15) is 11.4 Å². The summed E-state index contributed by atoms with van der Waals surface area (Å²) in [6.07, 6.45) is 6.09. The van der Waals surface area contributed by atoms with Crippen LogP contribution < -0.4 is 9.64 Å². The molecule has 1 aromatic carbocycles. The van der Waals surface area contributed by atoms with Crippen molar-refractivity contribution in [1.29, 1.82) is 0 Å². The first-order valence-electron chi connectivity index (χ1n) is 10.6. The van der Waals surface area contributed by atoms with Crippen LogP contribution in [0.1, 0.15) is 47.4 Å². The fourth-order valence-electron chi connectivity index (χ4n) is 3.57. The number of thiazole rings is 1. The van der Waals surface area contributed by atoms with Crippen molar-refractivity contribution in [3.05, 3.63) is 64.4 Å². The van der Waals surface area contributed by atoms with E-state index in [0.717, 1.165) is 42.9 Å². The predicted molar refractivity (Wildman–Crippen MR) is 122 cm³/mol. The summed E-state index contributed by atoms with van der Waals surface area (Å²) in [5.74, 6) is 0.992. The number of hydrogen-bond donors (Lipinski definition) is 0. The zero-order valence-electron chi connectivity index (χ0n) is 17.9. The van der Waals surface area contributed by atoms with E-state index in [1.54, 1.807) is 18.2 Å². The minimum atomic E-state index is -4.91. The lowest BCUT2D eigenvalue weighted by molar-refractivity contribution is -0.0414. The average Bonchev–Trinajstić information content (AvgIpc) is 3.32. The van der Waals surface area contributed by atoms with Crippen LogP contribution in [0.3, 0.4) is 0 Å². The maximum atomic E-state index is 13.3. The van der Waals surface area contributed by atoms with Crippen LogP contribution in [-0.4, -0.2) is 37.8 Å². The number of para-hydroxylation sites is 1. The van der Waals surface area contributed by atoms with Gasteiger partial charge in [0, 0.05) is 36.8 Å². The van der Waals surface area contributed by atoms with Gasteiger partial charge < -0.3 is 9.64 Å². The lowest BCUT2D eigenvalue weighted by Gasteiger charge is -2.31. The number of benzene rings is 1. The van der Waals surface area contributed by atoms with Gasteiger partial charge in [-0.05, 0) is 37.0 Å². The summed E-state index contributed by atoms with van der Waals surface area (Å²) in [5.41, 5.74) is -5.52. The normalized spacial score (nSPS) is 17.0. The molecule has 4 rings (SSSR count). The van der Waals surface area contributed by atoms with Gasteiger partial charge in [-0.25, -0.2) is 19.2 Å². The molecule has 11 heteroatoms. The van der Waals surface area contributed by atoms with Gasteiger partial charge in [0.2, 0.25) is 11.4 Å². The molecule has 176 valence electrons. The van der Waals surface area contributed by atoms with Crippen LogP contribution in [-0.2, 0) is 17.2 Å². The molecule has 0 N–H and O–H groups in total. The highest BCUT2D eigenvalue weighted by Crippen LogP contribution is 2.37. The molecule has 1 saturated heterocycles. The molecular formula is C22H23F3N4O2S2. The minimum Gasteiger partial charge on any atom is -0.470 e. The molecule has 33 heavy (non-hydrogen) atoms. The quantitative estimate of drug-likeness (QED) is 0.447. The zero-order valence-corrected chi connectivity index (χ0v) is 19.5. The Kier molecular flexibility index (Phi) is 7.28. The Morgan fingerprint density at radius 1 is 1.18 bits per heavy atom. The average molecular weight is 497 g/mol. The first kappa shape index (κ1) is 23.6. The van der Waals surface area contributed by atoms with Crippen LogP contribution in [0.4, 0.5) is 19.1 Å². The number of nitrogens with zero attached hydrogens (tertiary/aromatic N) is 4. The summed E-state index contributed by atoms with van der Waals surface area (Å²) in [7, 11) is -3.25. The van der Waals surface area contributed by atoms with Gasteiger partial charge in [-0.15, -0.1) is 11.3 Å². The molecule has 1 fully saturated rings. The maximum absolute atomic E-state index is 13.3. The number of aryl methyl sites for hydroxylation is 1. The van der Waals surface area contributed by atoms with E-state index in [1.807, 2.05) is 19.3 Å². The summed E-state index contributed by atoms with van der Waals surface area (Å²) in [6, 6.07) is 8.06. The summed E-state index contributed by atoms with van der Waals surface area (Å²) in [5, 5.41) is 2.25. The molecule has 3 aromatic rings. The molecule has 0 saturated carbocycles. The van der Waals surface area contributed by atoms with Gasteiger partial charge in [-0.1, -0.05) is 25.1 Å². The number of anilines is 1. The number of hydrogen-bond acceptors (Lipinski definition) is 7. The Labute approximate surface area is 196 Å². The Hall–Kier alpha value is -2.53. The number of aromatic nitrogens is 3. The van der Waals surface area contributed by atoms with Crippen molar-refractivity contribution in [2.45, 2.75) is 43.0 Å². The highest BCUT2D eigenvalue weighted by Gasteiger charge is 2.45. The second kappa shape index (κ2) is 10.2. The Morgan fingerprint density at radius 3 is 2.45 bits per heavy atom. The topological polar surface area (TPSA) is 68.2 Å². The van der Waals surface area contributed by atoms with Gasteiger partial charge in [0.15, 0.2) is 10.8 Å². The predicted octanol–water partition coefficient (Wildman–Crippen LogP) is 5.23. The fourth-order valence-corrected chi connectivity index (χ4v) is 5.45. The molecular weight excluding hydrogens is 473 g/mol. The molecule has 2 atom stereocenters. The van der Waals surface area contributed by atoms with E-state index in [0.29, 0.717) is 5.95 Å². The first-order valence-corrected chi connectivity index (χ1v) is 12.6. The van der Waals surface area contributed by atoms with E-state index in [-0.39, 0.29) is 17.4 Å². The molecule has 2 aromatic heterocycles. The van der Waals surface area contributed by atoms with Gasteiger partial charge in [-0.2, -0.15) is 13.2 Å². The van der Waals surface area contributed by atoms with Crippen molar-refractivity contribution in [3.63, 3.8) is 0 Å². The van der Waals surface area contributed by atoms with E-state index in [4.69, 9.17) is 4.74 Å². The Bertz CT molecular complexity index is 1070. The van der Waals surface area contributed by atoms with Crippen molar-refractivity contribution in [3.8, 4) is 5.75 Å². The second-order valence-corrected chi connectivity index (χ2v) is 10.00. The van der Waals surface area contributed by atoms with E-state index in [9.17, 15) is 17.4 Å². The molecule has 3 heterocycles. The monoisotopic (exact) mass is 496 g/mol. The molecule has 2 unspecified atom stereocenters. The molecule has 0 aliphatic carbocycles. The molecule has 0 radical (unpaired) electrons. The third-order valence-corrected chi connectivity index (χ3v) is 7.63. The smallest absolute Gasteiger partial charge is 0.470 e. The van der Waals surface area contributed by atoms with Crippen molar-refractivity contribution >= 4 is 28.1 Å². The highest BCUT2D eigenvalue weighted by atomic mass is 32.2. The molecule has 1 aliphatic rings. The van der Waals surface area contributed by atoms with E-state index in [1.165, 1.54) is 28.8 Å². The van der Waals surface area contributed by atoms with Gasteiger partial charge in [0.05, 0.1) is 5.01 Å². The number of rotatable bonds is 7. The first-order chi connectivity index (χ1) is 15.8. The van der Waals surface area contributed by atoms with Crippen LogP contribution in [0.5, 0.6) is 5.75 Å². The Balaban J connectivity index is 1.46. The second-order valence-electron chi connectivity index (χ2n) is 7.62. The van der Waals surface area contributed by atoms with Crippen molar-refractivity contribution < 1.29 is 22.1 Å². The van der Waals surface area contributed by atoms with Crippen LogP contribution in [0.2, 0.25) is 0 Å². The summed E-state index contributed by atoms with van der Waals surface area (Å²) in [4.78, 5) is 15.4. The molecule has 0 spiro atoms. The van der Waals surface area contributed by atoms with Crippen LogP contribution in [0.25, 0.3) is 0 Å². The van der Waals surface area contributed by atoms with E-state index < -0.39 is 21.7 Å². The molecule has 6 nitrogen and oxygen atoms in total. The summed E-state index contributed by atoms with van der Waals surface area (Å²) < 4.78 is 57.5. The third-order valence-electron chi connectivity index (χ3n) is 5.42. The largest absolute Gasteiger partial charge is 0.475 e. The number of ether oxygens (including phenoxy) is 1. The standard InChI is InChI=1S/C22H23F3N4O2S2/c1-2-15-12-26-21(27-13-15)29-10-8-16(9-11-29)19-28-18(14-32-19)20(33(30)22(23,24)25)31-17-6-4-3-5-7-17/h3-7,12-14,16,20H,2,8-11H2,1H3. The van der Waals surface area contributed by atoms with Crippen LogP contribution in [0.15, 0.2) is 48.1 Å². The third kappa shape index (κ3) is 5.70. The number of alkyl halides is 3. The summed E-state index contributed by atoms with van der Waals surface area (Å²) in [6.45, 7) is 3.50. The fraction of sp³-hybridized carbons (Fsp3) is 0.409. The number of piperidine rings is 1. The maximum Gasteiger partial charge on any atom is 0.475 e.